The number of hydrogen-bond acceptors (Lipinski definition) is 6. The van der Waals surface area contributed by atoms with Crippen LogP contribution in [0.5, 0.6) is 0 Å². The zero-order valence-electron chi connectivity index (χ0n) is 15.4. The number of aryl methyl sites for hydroxylation is 2. The van der Waals surface area contributed by atoms with E-state index in [0.29, 0.717) is 11.9 Å². The topological polar surface area (TPSA) is 88.8 Å². The normalized spacial score (nSPS) is 10.5. The molecular formula is C21H26N6. The standard InChI is InChI=1S/C21H26N6/c22-19-25-20(23-15-7-13-17-9-3-1-4-10-17)27-21(26-19)24-16-8-14-18-11-5-2-6-12-18/h1-6,9-12H,7-8,13-16H2,(H4,22,23,24,25,26,27). The first-order chi connectivity index (χ1) is 13.3. The molecule has 1 heterocycles. The number of hydrogen-bond donors (Lipinski definition) is 3. The molecule has 140 valence electrons. The Labute approximate surface area is 160 Å². The van der Waals surface area contributed by atoms with Crippen LogP contribution in [0.4, 0.5) is 17.8 Å². The molecule has 3 aromatic rings. The van der Waals surface area contributed by atoms with Gasteiger partial charge in [-0.3, -0.25) is 0 Å². The van der Waals surface area contributed by atoms with E-state index in [2.05, 4.69) is 74.1 Å². The number of nitrogen functional groups attached to an aromatic ring is 1. The van der Waals surface area contributed by atoms with Gasteiger partial charge in [0.05, 0.1) is 0 Å². The molecule has 0 aliphatic heterocycles. The Morgan fingerprint density at radius 1 is 0.630 bits per heavy atom. The number of anilines is 3. The summed E-state index contributed by atoms with van der Waals surface area (Å²) >= 11 is 0. The summed E-state index contributed by atoms with van der Waals surface area (Å²) in [6.45, 7) is 1.57. The van der Waals surface area contributed by atoms with Crippen molar-refractivity contribution in [3.05, 3.63) is 71.8 Å². The van der Waals surface area contributed by atoms with Crippen molar-refractivity contribution in [3.63, 3.8) is 0 Å². The van der Waals surface area contributed by atoms with Crippen LogP contribution in [0.15, 0.2) is 60.7 Å². The van der Waals surface area contributed by atoms with Crippen LogP contribution in [0.1, 0.15) is 24.0 Å². The van der Waals surface area contributed by atoms with E-state index in [4.69, 9.17) is 5.73 Å². The highest BCUT2D eigenvalue weighted by Gasteiger charge is 2.04. The molecule has 1 aromatic heterocycles. The number of rotatable bonds is 10. The van der Waals surface area contributed by atoms with Crippen molar-refractivity contribution < 1.29 is 0 Å². The van der Waals surface area contributed by atoms with Crippen molar-refractivity contribution >= 4 is 17.8 Å². The minimum Gasteiger partial charge on any atom is -0.368 e. The van der Waals surface area contributed by atoms with E-state index in [1.54, 1.807) is 0 Å². The predicted molar refractivity (Wildman–Crippen MR) is 111 cm³/mol. The molecule has 0 fully saturated rings. The third kappa shape index (κ3) is 6.58. The van der Waals surface area contributed by atoms with Crippen molar-refractivity contribution in [1.82, 2.24) is 15.0 Å². The van der Waals surface area contributed by atoms with E-state index in [-0.39, 0.29) is 5.95 Å². The van der Waals surface area contributed by atoms with Gasteiger partial charge >= 0.3 is 0 Å². The second-order valence-electron chi connectivity index (χ2n) is 6.37. The van der Waals surface area contributed by atoms with Crippen molar-refractivity contribution in [1.29, 1.82) is 0 Å². The molecule has 3 rings (SSSR count). The van der Waals surface area contributed by atoms with Gasteiger partial charge in [-0.25, -0.2) is 0 Å². The van der Waals surface area contributed by atoms with E-state index in [1.807, 2.05) is 12.1 Å². The number of benzene rings is 2. The molecule has 27 heavy (non-hydrogen) atoms. The second-order valence-corrected chi connectivity index (χ2v) is 6.37. The van der Waals surface area contributed by atoms with Gasteiger partial charge in [0.15, 0.2) is 0 Å². The van der Waals surface area contributed by atoms with Gasteiger partial charge < -0.3 is 16.4 Å². The van der Waals surface area contributed by atoms with Crippen LogP contribution in [0, 0.1) is 0 Å². The fourth-order valence-electron chi connectivity index (χ4n) is 2.83. The average molecular weight is 362 g/mol. The van der Waals surface area contributed by atoms with Gasteiger partial charge in [-0.2, -0.15) is 15.0 Å². The smallest absolute Gasteiger partial charge is 0.229 e. The molecule has 0 saturated heterocycles. The molecule has 0 amide bonds. The Kier molecular flexibility index (Phi) is 6.98. The van der Waals surface area contributed by atoms with Crippen LogP contribution in [-0.2, 0) is 12.8 Å². The summed E-state index contributed by atoms with van der Waals surface area (Å²) in [5.74, 6) is 1.25. The van der Waals surface area contributed by atoms with Crippen molar-refractivity contribution in [2.24, 2.45) is 0 Å². The molecule has 0 atom stereocenters. The first-order valence-corrected chi connectivity index (χ1v) is 9.37. The van der Waals surface area contributed by atoms with E-state index in [0.717, 1.165) is 38.8 Å². The molecule has 0 aliphatic carbocycles. The Balaban J connectivity index is 1.41. The Morgan fingerprint density at radius 3 is 1.52 bits per heavy atom. The second kappa shape index (κ2) is 10.1. The minimum absolute atomic E-state index is 0.223. The molecule has 0 spiro atoms. The summed E-state index contributed by atoms with van der Waals surface area (Å²) < 4.78 is 0. The third-order valence-corrected chi connectivity index (χ3v) is 4.19. The van der Waals surface area contributed by atoms with Crippen LogP contribution in [-0.4, -0.2) is 28.0 Å². The highest BCUT2D eigenvalue weighted by molar-refractivity contribution is 5.39. The Bertz CT molecular complexity index is 742. The molecule has 0 saturated carbocycles. The quantitative estimate of drug-likeness (QED) is 0.478. The minimum atomic E-state index is 0.223. The lowest BCUT2D eigenvalue weighted by molar-refractivity contribution is 0.840. The van der Waals surface area contributed by atoms with Crippen molar-refractivity contribution in [3.8, 4) is 0 Å². The van der Waals surface area contributed by atoms with Crippen molar-refractivity contribution in [2.45, 2.75) is 25.7 Å². The fourth-order valence-corrected chi connectivity index (χ4v) is 2.83. The Morgan fingerprint density at radius 2 is 1.07 bits per heavy atom. The summed E-state index contributed by atoms with van der Waals surface area (Å²) in [5, 5.41) is 6.46. The SMILES string of the molecule is Nc1nc(NCCCc2ccccc2)nc(NCCCc2ccccc2)n1. The third-order valence-electron chi connectivity index (χ3n) is 4.19. The summed E-state index contributed by atoms with van der Waals surface area (Å²) in [6.07, 6.45) is 4.02. The summed E-state index contributed by atoms with van der Waals surface area (Å²) in [7, 11) is 0. The van der Waals surface area contributed by atoms with E-state index in [9.17, 15) is 0 Å². The number of nitrogens with one attached hydrogen (secondary N) is 2. The first kappa shape index (κ1) is 18.6. The molecule has 0 unspecified atom stereocenters. The van der Waals surface area contributed by atoms with Gasteiger partial charge in [-0.15, -0.1) is 0 Å². The monoisotopic (exact) mass is 362 g/mol. The lowest BCUT2D eigenvalue weighted by Gasteiger charge is -2.09. The molecule has 0 aliphatic rings. The van der Waals surface area contributed by atoms with Crippen LogP contribution in [0.3, 0.4) is 0 Å². The number of aromatic nitrogens is 3. The van der Waals surface area contributed by atoms with Gasteiger partial charge in [0, 0.05) is 13.1 Å². The molecule has 4 N–H and O–H groups in total. The van der Waals surface area contributed by atoms with Crippen molar-refractivity contribution in [2.75, 3.05) is 29.5 Å². The molecule has 6 heteroatoms. The van der Waals surface area contributed by atoms with Gasteiger partial charge in [-0.1, -0.05) is 60.7 Å². The van der Waals surface area contributed by atoms with Crippen LogP contribution >= 0.6 is 0 Å². The highest BCUT2D eigenvalue weighted by Crippen LogP contribution is 2.09. The maximum absolute atomic E-state index is 5.81. The zero-order chi connectivity index (χ0) is 18.7. The Hall–Kier alpha value is -3.15. The number of nitrogens with two attached hydrogens (primary N) is 1. The van der Waals surface area contributed by atoms with E-state index in [1.165, 1.54) is 11.1 Å². The molecular weight excluding hydrogens is 336 g/mol. The highest BCUT2D eigenvalue weighted by atomic mass is 15.2. The summed E-state index contributed by atoms with van der Waals surface area (Å²) in [4.78, 5) is 12.7. The van der Waals surface area contributed by atoms with E-state index >= 15 is 0 Å². The summed E-state index contributed by atoms with van der Waals surface area (Å²) in [6, 6.07) is 20.9. The zero-order valence-corrected chi connectivity index (χ0v) is 15.4. The van der Waals surface area contributed by atoms with Crippen LogP contribution in [0.25, 0.3) is 0 Å². The van der Waals surface area contributed by atoms with Gasteiger partial charge in [0.2, 0.25) is 17.8 Å². The first-order valence-electron chi connectivity index (χ1n) is 9.37. The van der Waals surface area contributed by atoms with Crippen LogP contribution < -0.4 is 16.4 Å². The predicted octanol–water partition coefficient (Wildman–Crippen LogP) is 3.54. The molecule has 0 bridgehead atoms. The molecule has 6 nitrogen and oxygen atoms in total. The van der Waals surface area contributed by atoms with Gasteiger partial charge in [0.1, 0.15) is 0 Å². The molecule has 2 aromatic carbocycles. The lowest BCUT2D eigenvalue weighted by Crippen LogP contribution is -2.13. The van der Waals surface area contributed by atoms with Gasteiger partial charge in [-0.05, 0) is 36.8 Å². The largest absolute Gasteiger partial charge is 0.368 e. The maximum Gasteiger partial charge on any atom is 0.229 e. The number of nitrogens with zero attached hydrogens (tertiary/aromatic N) is 3. The maximum atomic E-state index is 5.81. The van der Waals surface area contributed by atoms with Crippen LogP contribution in [0.2, 0.25) is 0 Å². The fraction of sp³-hybridized carbons (Fsp3) is 0.286. The lowest BCUT2D eigenvalue weighted by atomic mass is 10.1. The van der Waals surface area contributed by atoms with Gasteiger partial charge in [0.25, 0.3) is 0 Å². The summed E-state index contributed by atoms with van der Waals surface area (Å²) in [5.41, 5.74) is 8.47. The average Bonchev–Trinajstić information content (AvgIpc) is 2.70. The molecule has 0 radical (unpaired) electrons. The van der Waals surface area contributed by atoms with E-state index < -0.39 is 0 Å².